The topological polar surface area (TPSA) is 100 Å². The maximum Gasteiger partial charge on any atom is 0.167 e. The van der Waals surface area contributed by atoms with Crippen molar-refractivity contribution in [1.82, 2.24) is 39.0 Å². The molecule has 0 atom stereocenters. The molecule has 84 heavy (non-hydrogen) atoms. The summed E-state index contributed by atoms with van der Waals surface area (Å²) in [5.74, 6) is 1.50. The number of para-hydroxylation sites is 4. The van der Waals surface area contributed by atoms with Crippen molar-refractivity contribution >= 4 is 65.6 Å². The molecule has 0 N–H and O–H groups in total. The Morgan fingerprint density at radius 2 is 0.940 bits per heavy atom. The molecular formula is C75H48N8O. The molecule has 5 heterocycles. The predicted molar refractivity (Wildman–Crippen MR) is 339 cm³/mol. The fraction of sp³-hybridized carbons (Fsp3) is 0.0400. The van der Waals surface area contributed by atoms with E-state index in [1.807, 2.05) is 115 Å². The summed E-state index contributed by atoms with van der Waals surface area (Å²) in [5.41, 5.74) is 15.0. The summed E-state index contributed by atoms with van der Waals surface area (Å²) in [4.78, 5) is 31.2. The Bertz CT molecular complexity index is 5590. The average Bonchev–Trinajstić information content (AvgIpc) is 1.58. The molecule has 0 saturated heterocycles. The van der Waals surface area contributed by atoms with Crippen LogP contribution in [0.3, 0.4) is 0 Å². The number of rotatable bonds is 8. The first-order chi connectivity index (χ1) is 43.5. The van der Waals surface area contributed by atoms with E-state index in [1.54, 1.807) is 0 Å². The lowest BCUT2D eigenvalue weighted by Crippen LogP contribution is -2.15. The number of benzene rings is 11. The molecule has 0 fully saturated rings. The van der Waals surface area contributed by atoms with Crippen LogP contribution in [-0.4, -0.2) is 39.0 Å². The Hall–Kier alpha value is -11.2. The number of nitrogens with zero attached hydrogens (tertiary/aromatic N) is 8. The Morgan fingerprint density at radius 3 is 1.69 bits per heavy atom. The zero-order valence-corrected chi connectivity index (χ0v) is 45.3. The third-order valence-electron chi connectivity index (χ3n) is 16.7. The van der Waals surface area contributed by atoms with Gasteiger partial charge in [0.05, 0.1) is 40.2 Å². The molecule has 0 spiro atoms. The summed E-state index contributed by atoms with van der Waals surface area (Å²) in [7, 11) is 0. The fourth-order valence-electron chi connectivity index (χ4n) is 12.9. The maximum absolute atomic E-state index is 9.21. The van der Waals surface area contributed by atoms with Gasteiger partial charge >= 0.3 is 0 Å². The van der Waals surface area contributed by atoms with Gasteiger partial charge in [-0.15, -0.1) is 0 Å². The number of fused-ring (bicyclic) bond motifs is 13. The molecular weight excluding hydrogens is 1030 g/mol. The molecule has 0 amide bonds. The van der Waals surface area contributed by atoms with Crippen LogP contribution < -0.4 is 0 Å². The van der Waals surface area contributed by atoms with Gasteiger partial charge in [0.15, 0.2) is 34.9 Å². The summed E-state index contributed by atoms with van der Waals surface area (Å²) in [6.45, 7) is 4.64. The van der Waals surface area contributed by atoms with E-state index in [0.717, 1.165) is 76.9 Å². The standard InChI is InChI=1S/C75H48N8O/c1-75(2)59-33-16-12-27-50(59)51-39-38-49(44-60(51)75)82-62-35-18-14-30-56(62)66-64(82)42-40-54-52-28-13-17-34-61(52)83(67(54)66)63-41-37-48(43-58(63)74-79-69(45-21-6-3-7-22-45)76-70(80-74)46-23-8-4-9-24-46)72-77-71(47-25-10-5-11-26-47)78-73(81-72)57-32-20-31-55-53-29-15-19-36-65(53)84-68(55)57/h3-44H,1-2H3/i5D,10D,11D,25D,26D. The van der Waals surface area contributed by atoms with Crippen LogP contribution >= 0.6 is 0 Å². The highest BCUT2D eigenvalue weighted by atomic mass is 16.3. The van der Waals surface area contributed by atoms with Gasteiger partial charge in [0.2, 0.25) is 0 Å². The highest BCUT2D eigenvalue weighted by molar-refractivity contribution is 6.26. The second kappa shape index (κ2) is 18.4. The third-order valence-corrected chi connectivity index (χ3v) is 16.7. The zero-order valence-electron chi connectivity index (χ0n) is 50.3. The second-order valence-electron chi connectivity index (χ2n) is 21.8. The number of furan rings is 1. The number of aromatic nitrogens is 8. The van der Waals surface area contributed by atoms with Crippen molar-refractivity contribution in [3.63, 3.8) is 0 Å². The first-order valence-electron chi connectivity index (χ1n) is 30.4. The second-order valence-corrected chi connectivity index (χ2v) is 21.8. The average molecular weight is 1080 g/mol. The largest absolute Gasteiger partial charge is 0.455 e. The molecule has 0 bridgehead atoms. The monoisotopic (exact) mass is 1080 g/mol. The first kappa shape index (κ1) is 42.7. The highest BCUT2D eigenvalue weighted by Gasteiger charge is 2.36. The SMILES string of the molecule is [2H]c1c([2H])c([2H])c(-c2nc(-c3ccc(-n4c5ccccc5c5ccc6c(c7ccccc7n6-c6ccc7c(c6)C(C)(C)c6ccccc6-7)c54)c(-c4nc(-c5ccccc5)nc(-c5ccccc5)n4)c3)nc(-c3cccc4c3oc3ccccc34)n2)c([2H])c1[2H]. The van der Waals surface area contributed by atoms with Gasteiger partial charge in [-0.1, -0.05) is 208 Å². The van der Waals surface area contributed by atoms with Gasteiger partial charge in [0.1, 0.15) is 11.2 Å². The van der Waals surface area contributed by atoms with Gasteiger partial charge in [-0.25, -0.2) is 29.9 Å². The Labute approximate surface area is 489 Å². The van der Waals surface area contributed by atoms with Crippen LogP contribution in [0.15, 0.2) is 259 Å². The van der Waals surface area contributed by atoms with Gasteiger partial charge in [-0.05, 0) is 82.9 Å². The lowest BCUT2D eigenvalue weighted by atomic mass is 9.82. The molecule has 1 aliphatic rings. The molecule has 17 rings (SSSR count). The molecule has 16 aromatic rings. The fourth-order valence-corrected chi connectivity index (χ4v) is 12.9. The van der Waals surface area contributed by atoms with Crippen molar-refractivity contribution in [2.75, 3.05) is 0 Å². The molecule has 0 saturated carbocycles. The minimum Gasteiger partial charge on any atom is -0.455 e. The van der Waals surface area contributed by atoms with E-state index in [2.05, 4.69) is 132 Å². The normalized spacial score (nSPS) is 13.6. The molecule has 5 aromatic heterocycles. The van der Waals surface area contributed by atoms with Gasteiger partial charge in [-0.3, -0.25) is 0 Å². The van der Waals surface area contributed by atoms with Crippen LogP contribution in [0.25, 0.3) is 156 Å². The molecule has 11 aromatic carbocycles. The minimum absolute atomic E-state index is 0.115. The quantitative estimate of drug-likeness (QED) is 0.149. The molecule has 0 unspecified atom stereocenters. The van der Waals surface area contributed by atoms with Gasteiger partial charge in [0, 0.05) is 71.2 Å². The lowest BCUT2D eigenvalue weighted by molar-refractivity contribution is 0.660. The van der Waals surface area contributed by atoms with E-state index in [9.17, 15) is 2.74 Å². The van der Waals surface area contributed by atoms with Crippen LogP contribution in [0.5, 0.6) is 0 Å². The molecule has 0 aliphatic heterocycles. The van der Waals surface area contributed by atoms with Crippen molar-refractivity contribution < 1.29 is 11.3 Å². The predicted octanol–water partition coefficient (Wildman–Crippen LogP) is 18.5. The highest BCUT2D eigenvalue weighted by Crippen LogP contribution is 2.50. The van der Waals surface area contributed by atoms with E-state index in [1.165, 1.54) is 22.3 Å². The number of hydrogen-bond acceptors (Lipinski definition) is 7. The summed E-state index contributed by atoms with van der Waals surface area (Å²) in [6.07, 6.45) is 0. The Kier molecular flexibility index (Phi) is 9.37. The summed E-state index contributed by atoms with van der Waals surface area (Å²) >= 11 is 0. The Balaban J connectivity index is 0.968. The zero-order chi connectivity index (χ0) is 60.0. The minimum atomic E-state index is -0.530. The molecule has 394 valence electrons. The van der Waals surface area contributed by atoms with Gasteiger partial charge < -0.3 is 13.6 Å². The summed E-state index contributed by atoms with van der Waals surface area (Å²) in [5, 5.41) is 5.96. The van der Waals surface area contributed by atoms with Crippen LogP contribution in [0.1, 0.15) is 31.8 Å². The number of hydrogen-bond donors (Lipinski definition) is 0. The van der Waals surface area contributed by atoms with E-state index in [-0.39, 0.29) is 28.5 Å². The summed E-state index contributed by atoms with van der Waals surface area (Å²) in [6, 6.07) is 74.0. The van der Waals surface area contributed by atoms with Crippen molar-refractivity contribution in [1.29, 1.82) is 0 Å². The smallest absolute Gasteiger partial charge is 0.167 e. The van der Waals surface area contributed by atoms with E-state index < -0.39 is 30.2 Å². The van der Waals surface area contributed by atoms with Crippen molar-refractivity contribution in [2.24, 2.45) is 0 Å². The van der Waals surface area contributed by atoms with Crippen molar-refractivity contribution in [2.45, 2.75) is 19.3 Å². The van der Waals surface area contributed by atoms with Crippen LogP contribution in [-0.2, 0) is 5.41 Å². The lowest BCUT2D eigenvalue weighted by Gasteiger charge is -2.22. The van der Waals surface area contributed by atoms with E-state index in [0.29, 0.717) is 45.3 Å². The molecule has 0 radical (unpaired) electrons. The van der Waals surface area contributed by atoms with Gasteiger partial charge in [-0.2, -0.15) is 0 Å². The van der Waals surface area contributed by atoms with Crippen molar-refractivity contribution in [3.05, 3.63) is 266 Å². The van der Waals surface area contributed by atoms with Crippen LogP contribution in [0, 0.1) is 0 Å². The molecule has 1 aliphatic carbocycles. The Morgan fingerprint density at radius 1 is 0.369 bits per heavy atom. The third kappa shape index (κ3) is 7.28. The van der Waals surface area contributed by atoms with E-state index >= 15 is 0 Å². The van der Waals surface area contributed by atoms with Crippen molar-refractivity contribution in [3.8, 4) is 90.8 Å². The first-order valence-corrected chi connectivity index (χ1v) is 27.9. The van der Waals surface area contributed by atoms with E-state index in [4.69, 9.17) is 38.4 Å². The maximum atomic E-state index is 9.21. The molecule has 9 nitrogen and oxygen atoms in total. The van der Waals surface area contributed by atoms with Crippen LogP contribution in [0.4, 0.5) is 0 Å². The summed E-state index contributed by atoms with van der Waals surface area (Å²) < 4.78 is 55.8. The van der Waals surface area contributed by atoms with Gasteiger partial charge in [0.25, 0.3) is 0 Å². The molecule has 9 heteroatoms. The van der Waals surface area contributed by atoms with Crippen LogP contribution in [0.2, 0.25) is 0 Å².